The van der Waals surface area contributed by atoms with Gasteiger partial charge in [0, 0.05) is 25.9 Å². The lowest BCUT2D eigenvalue weighted by Crippen LogP contribution is -2.35. The van der Waals surface area contributed by atoms with Crippen molar-refractivity contribution >= 4 is 11.6 Å². The minimum atomic E-state index is 0.405. The largest absolute Gasteiger partial charge is 0.383 e. The van der Waals surface area contributed by atoms with Crippen LogP contribution >= 0.6 is 11.6 Å². The molecule has 3 nitrogen and oxygen atoms in total. The van der Waals surface area contributed by atoms with Gasteiger partial charge in [0.15, 0.2) is 0 Å². The topological polar surface area (TPSA) is 25.4 Å². The fourth-order valence-electron chi connectivity index (χ4n) is 1.70. The zero-order valence-corrected chi connectivity index (χ0v) is 10.9. The molecule has 0 aliphatic rings. The number of rotatable bonds is 6. The molecule has 0 bridgehead atoms. The Kier molecular flexibility index (Phi) is 5.74. The summed E-state index contributed by atoms with van der Waals surface area (Å²) < 4.78 is 5.17. The van der Waals surface area contributed by atoms with Crippen molar-refractivity contribution in [2.24, 2.45) is 0 Å². The van der Waals surface area contributed by atoms with E-state index in [9.17, 15) is 0 Å². The van der Waals surface area contributed by atoms with Crippen molar-refractivity contribution in [3.05, 3.63) is 29.0 Å². The third-order valence-corrected chi connectivity index (χ3v) is 2.82. The number of hydrogen-bond donors (Lipinski definition) is 0. The third kappa shape index (κ3) is 4.08. The normalized spacial score (nSPS) is 13.1. The van der Waals surface area contributed by atoms with E-state index in [4.69, 9.17) is 16.3 Å². The van der Waals surface area contributed by atoms with Crippen molar-refractivity contribution in [3.8, 4) is 0 Å². The van der Waals surface area contributed by atoms with E-state index < -0.39 is 0 Å². The van der Waals surface area contributed by atoms with Crippen LogP contribution in [0.4, 0.5) is 0 Å². The van der Waals surface area contributed by atoms with Crippen molar-refractivity contribution in [1.29, 1.82) is 0 Å². The molecule has 1 heterocycles. The maximum Gasteiger partial charge on any atom is 0.129 e. The first-order chi connectivity index (χ1) is 7.67. The van der Waals surface area contributed by atoms with Crippen LogP contribution in [0.2, 0.25) is 5.15 Å². The molecule has 0 aromatic carbocycles. The smallest absolute Gasteiger partial charge is 0.129 e. The predicted molar refractivity (Wildman–Crippen MR) is 66.7 cm³/mol. The average Bonchev–Trinajstić information content (AvgIpc) is 2.26. The van der Waals surface area contributed by atoms with Gasteiger partial charge in [0.05, 0.1) is 6.61 Å². The highest BCUT2D eigenvalue weighted by molar-refractivity contribution is 6.29. The quantitative estimate of drug-likeness (QED) is 0.717. The van der Waals surface area contributed by atoms with Gasteiger partial charge in [-0.25, -0.2) is 4.98 Å². The molecule has 0 aliphatic heterocycles. The number of likely N-dealkylation sites (N-methyl/N-ethyl adjacent to an activating group) is 1. The van der Waals surface area contributed by atoms with Gasteiger partial charge < -0.3 is 4.74 Å². The standard InChI is InChI=1S/C12H19ClN2O/c1-4-15(10(2)9-16-3)8-11-5-6-14-12(13)7-11/h5-7,10H,4,8-9H2,1-3H3. The van der Waals surface area contributed by atoms with Gasteiger partial charge in [0.2, 0.25) is 0 Å². The first-order valence-electron chi connectivity index (χ1n) is 5.50. The molecule has 1 aromatic heterocycles. The highest BCUT2D eigenvalue weighted by Crippen LogP contribution is 2.11. The highest BCUT2D eigenvalue weighted by atomic mass is 35.5. The molecule has 16 heavy (non-hydrogen) atoms. The van der Waals surface area contributed by atoms with Crippen LogP contribution in [-0.4, -0.2) is 36.2 Å². The van der Waals surface area contributed by atoms with E-state index in [1.165, 1.54) is 5.56 Å². The van der Waals surface area contributed by atoms with Gasteiger partial charge in [0.1, 0.15) is 5.15 Å². The van der Waals surface area contributed by atoms with E-state index >= 15 is 0 Å². The summed E-state index contributed by atoms with van der Waals surface area (Å²) in [5.74, 6) is 0. The number of ether oxygens (including phenoxy) is 1. The fraction of sp³-hybridized carbons (Fsp3) is 0.583. The van der Waals surface area contributed by atoms with E-state index in [1.54, 1.807) is 13.3 Å². The van der Waals surface area contributed by atoms with Gasteiger partial charge in [0.25, 0.3) is 0 Å². The molecule has 0 amide bonds. The summed E-state index contributed by atoms with van der Waals surface area (Å²) >= 11 is 5.86. The molecule has 1 aromatic rings. The Morgan fingerprint density at radius 3 is 2.88 bits per heavy atom. The van der Waals surface area contributed by atoms with Crippen LogP contribution in [0.25, 0.3) is 0 Å². The summed E-state index contributed by atoms with van der Waals surface area (Å²) in [7, 11) is 1.73. The highest BCUT2D eigenvalue weighted by Gasteiger charge is 2.12. The van der Waals surface area contributed by atoms with E-state index in [-0.39, 0.29) is 0 Å². The summed E-state index contributed by atoms with van der Waals surface area (Å²) in [5, 5.41) is 0.549. The average molecular weight is 243 g/mol. The van der Waals surface area contributed by atoms with Gasteiger partial charge in [-0.3, -0.25) is 4.90 Å². The van der Waals surface area contributed by atoms with Crippen molar-refractivity contribution in [1.82, 2.24) is 9.88 Å². The van der Waals surface area contributed by atoms with E-state index in [1.807, 2.05) is 12.1 Å². The summed E-state index contributed by atoms with van der Waals surface area (Å²) in [5.41, 5.74) is 1.19. The maximum absolute atomic E-state index is 5.86. The predicted octanol–water partition coefficient (Wildman–Crippen LogP) is 2.59. The molecule has 0 fully saturated rings. The lowest BCUT2D eigenvalue weighted by molar-refractivity contribution is 0.0982. The van der Waals surface area contributed by atoms with Crippen LogP contribution in [0, 0.1) is 0 Å². The molecular formula is C12H19ClN2O. The van der Waals surface area contributed by atoms with Gasteiger partial charge >= 0.3 is 0 Å². The summed E-state index contributed by atoms with van der Waals surface area (Å²) in [4.78, 5) is 6.32. The number of methoxy groups -OCH3 is 1. The van der Waals surface area contributed by atoms with Crippen molar-refractivity contribution in [2.75, 3.05) is 20.3 Å². The molecule has 0 aliphatic carbocycles. The van der Waals surface area contributed by atoms with Crippen molar-refractivity contribution in [3.63, 3.8) is 0 Å². The molecule has 0 saturated carbocycles. The van der Waals surface area contributed by atoms with Gasteiger partial charge in [-0.05, 0) is 31.2 Å². The minimum absolute atomic E-state index is 0.405. The Morgan fingerprint density at radius 2 is 2.31 bits per heavy atom. The Bertz CT molecular complexity index is 320. The second kappa shape index (κ2) is 6.84. The second-order valence-electron chi connectivity index (χ2n) is 3.85. The third-order valence-electron chi connectivity index (χ3n) is 2.61. The van der Waals surface area contributed by atoms with Gasteiger partial charge in [-0.15, -0.1) is 0 Å². The Hall–Kier alpha value is -0.640. The molecule has 1 rings (SSSR count). The van der Waals surface area contributed by atoms with Crippen molar-refractivity contribution in [2.45, 2.75) is 26.4 Å². The molecule has 90 valence electrons. The molecule has 0 spiro atoms. The Labute approximate surface area is 102 Å². The van der Waals surface area contributed by atoms with E-state index in [0.717, 1.165) is 19.7 Å². The molecule has 1 atom stereocenters. The van der Waals surface area contributed by atoms with Crippen LogP contribution < -0.4 is 0 Å². The van der Waals surface area contributed by atoms with Crippen molar-refractivity contribution < 1.29 is 4.74 Å². The first-order valence-corrected chi connectivity index (χ1v) is 5.88. The maximum atomic E-state index is 5.86. The zero-order valence-electron chi connectivity index (χ0n) is 10.1. The van der Waals surface area contributed by atoms with Crippen LogP contribution in [-0.2, 0) is 11.3 Å². The first kappa shape index (κ1) is 13.4. The Morgan fingerprint density at radius 1 is 1.56 bits per heavy atom. The number of pyridine rings is 1. The molecule has 0 radical (unpaired) electrons. The van der Waals surface area contributed by atoms with Crippen LogP contribution in [0.5, 0.6) is 0 Å². The molecule has 4 heteroatoms. The molecule has 0 N–H and O–H groups in total. The van der Waals surface area contributed by atoms with Gasteiger partial charge in [-0.1, -0.05) is 18.5 Å². The molecular weight excluding hydrogens is 224 g/mol. The van der Waals surface area contributed by atoms with E-state index in [0.29, 0.717) is 11.2 Å². The summed E-state index contributed by atoms with van der Waals surface area (Å²) in [6, 6.07) is 4.31. The van der Waals surface area contributed by atoms with Crippen LogP contribution in [0.3, 0.4) is 0 Å². The van der Waals surface area contributed by atoms with Gasteiger partial charge in [-0.2, -0.15) is 0 Å². The Balaban J connectivity index is 2.62. The number of aromatic nitrogens is 1. The zero-order chi connectivity index (χ0) is 12.0. The number of halogens is 1. The van der Waals surface area contributed by atoms with Crippen LogP contribution in [0.15, 0.2) is 18.3 Å². The SMILES string of the molecule is CCN(Cc1ccnc(Cl)c1)C(C)COC. The molecule has 1 unspecified atom stereocenters. The number of nitrogens with zero attached hydrogens (tertiary/aromatic N) is 2. The lowest BCUT2D eigenvalue weighted by atomic mass is 10.2. The monoisotopic (exact) mass is 242 g/mol. The van der Waals surface area contributed by atoms with Crippen LogP contribution in [0.1, 0.15) is 19.4 Å². The fourth-order valence-corrected chi connectivity index (χ4v) is 1.90. The molecule has 0 saturated heterocycles. The summed E-state index contributed by atoms with van der Waals surface area (Å²) in [6.07, 6.45) is 1.74. The minimum Gasteiger partial charge on any atom is -0.383 e. The lowest BCUT2D eigenvalue weighted by Gasteiger charge is -2.27. The summed E-state index contributed by atoms with van der Waals surface area (Å²) in [6.45, 7) is 6.92. The van der Waals surface area contributed by atoms with E-state index in [2.05, 4.69) is 23.7 Å². The second-order valence-corrected chi connectivity index (χ2v) is 4.24. The number of hydrogen-bond acceptors (Lipinski definition) is 3.